The highest BCUT2D eigenvalue weighted by Crippen LogP contribution is 2.24. The van der Waals surface area contributed by atoms with E-state index >= 15 is 0 Å². The van der Waals surface area contributed by atoms with Gasteiger partial charge in [-0.2, -0.15) is 0 Å². The van der Waals surface area contributed by atoms with Gasteiger partial charge in [0, 0.05) is 29.8 Å². The largest absolute Gasteiger partial charge is 0.461 e. The Bertz CT molecular complexity index is 1510. The number of pyridine rings is 1. The lowest BCUT2D eigenvalue weighted by molar-refractivity contribution is -0.142. The summed E-state index contributed by atoms with van der Waals surface area (Å²) in [4.78, 5) is 33.4. The number of aromatic nitrogens is 1. The number of ether oxygens (including phenoxy) is 1. The lowest BCUT2D eigenvalue weighted by atomic mass is 10.1. The van der Waals surface area contributed by atoms with Crippen molar-refractivity contribution >= 4 is 45.8 Å². The molecule has 0 radical (unpaired) electrons. The summed E-state index contributed by atoms with van der Waals surface area (Å²) in [6.07, 6.45) is 1.56. The van der Waals surface area contributed by atoms with E-state index in [1.165, 1.54) is 25.1 Å². The Balaban J connectivity index is 1.90. The van der Waals surface area contributed by atoms with Crippen LogP contribution < -0.4 is 10.9 Å². The highest BCUT2D eigenvalue weighted by molar-refractivity contribution is 6.31. The molecule has 7 nitrogen and oxygen atoms in total. The van der Waals surface area contributed by atoms with Crippen LogP contribution in [0.5, 0.6) is 0 Å². The Morgan fingerprint density at radius 3 is 2.57 bits per heavy atom. The lowest BCUT2D eigenvalue weighted by Crippen LogP contribution is -2.22. The van der Waals surface area contributed by atoms with Crippen LogP contribution in [0.25, 0.3) is 11.0 Å². The van der Waals surface area contributed by atoms with Crippen LogP contribution in [0.1, 0.15) is 34.1 Å². The predicted octanol–water partition coefficient (Wildman–Crippen LogP) is 5.78. The van der Waals surface area contributed by atoms with Crippen LogP contribution in [0.4, 0.5) is 15.8 Å². The minimum atomic E-state index is -0.589. The van der Waals surface area contributed by atoms with E-state index in [4.69, 9.17) is 20.8 Å². The standard InChI is InChI=1S/C26H21ClFN3O4/c1-14-4-6-18(7-5-14)30-25(33)21-11-20-17(13-34-16(3)32)12-29-15(2)24(20)35-26(21)31-19-8-9-23(28)22(27)10-19/h4-12H,13H2,1-3H3,(H,30,33). The molecule has 4 aromatic rings. The first kappa shape index (κ1) is 24.1. The second kappa shape index (κ2) is 10.1. The van der Waals surface area contributed by atoms with Gasteiger partial charge >= 0.3 is 5.97 Å². The monoisotopic (exact) mass is 493 g/mol. The molecule has 0 atom stereocenters. The van der Waals surface area contributed by atoms with Gasteiger partial charge in [-0.05, 0) is 50.2 Å². The van der Waals surface area contributed by atoms with E-state index in [-0.39, 0.29) is 22.7 Å². The Morgan fingerprint density at radius 1 is 1.14 bits per heavy atom. The number of anilines is 1. The summed E-state index contributed by atoms with van der Waals surface area (Å²) in [5, 5.41) is 3.27. The molecule has 2 heterocycles. The number of rotatable bonds is 5. The maximum atomic E-state index is 13.6. The van der Waals surface area contributed by atoms with Gasteiger partial charge in [0.05, 0.1) is 16.4 Å². The molecule has 0 unspecified atom stereocenters. The van der Waals surface area contributed by atoms with Gasteiger partial charge in [-0.15, -0.1) is 0 Å². The van der Waals surface area contributed by atoms with Crippen LogP contribution >= 0.6 is 11.6 Å². The first-order chi connectivity index (χ1) is 16.7. The number of carbonyl (C=O) groups excluding carboxylic acids is 2. The first-order valence-electron chi connectivity index (χ1n) is 10.6. The van der Waals surface area contributed by atoms with Crippen molar-refractivity contribution in [1.29, 1.82) is 0 Å². The van der Waals surface area contributed by atoms with E-state index in [1.807, 2.05) is 19.1 Å². The molecule has 1 N–H and O–H groups in total. The van der Waals surface area contributed by atoms with Gasteiger partial charge in [0.2, 0.25) is 5.55 Å². The molecule has 1 amide bonds. The summed E-state index contributed by atoms with van der Waals surface area (Å²) in [7, 11) is 0. The number of nitrogens with one attached hydrogen (secondary N) is 1. The summed E-state index contributed by atoms with van der Waals surface area (Å²) in [5.74, 6) is -1.51. The first-order valence-corrected chi connectivity index (χ1v) is 11.0. The maximum Gasteiger partial charge on any atom is 0.302 e. The Kier molecular flexibility index (Phi) is 6.93. The summed E-state index contributed by atoms with van der Waals surface area (Å²) >= 11 is 5.91. The van der Waals surface area contributed by atoms with E-state index in [1.54, 1.807) is 31.3 Å². The average molecular weight is 494 g/mol. The molecule has 0 aliphatic rings. The number of hydrogen-bond acceptors (Lipinski definition) is 6. The normalized spacial score (nSPS) is 11.5. The molecule has 4 rings (SSSR count). The van der Waals surface area contributed by atoms with Crippen molar-refractivity contribution in [3.05, 3.63) is 93.5 Å². The van der Waals surface area contributed by atoms with Gasteiger partial charge < -0.3 is 14.5 Å². The second-order valence-corrected chi connectivity index (χ2v) is 8.29. The topological polar surface area (TPSA) is 93.8 Å². The summed E-state index contributed by atoms with van der Waals surface area (Å²) in [6, 6.07) is 12.9. The zero-order valence-electron chi connectivity index (χ0n) is 19.2. The molecule has 2 aromatic carbocycles. The molecule has 35 heavy (non-hydrogen) atoms. The van der Waals surface area contributed by atoms with Crippen LogP contribution in [0.2, 0.25) is 5.02 Å². The fourth-order valence-corrected chi connectivity index (χ4v) is 3.51. The molecule has 2 aromatic heterocycles. The van der Waals surface area contributed by atoms with Crippen molar-refractivity contribution in [3.8, 4) is 0 Å². The predicted molar refractivity (Wildman–Crippen MR) is 130 cm³/mol. The average Bonchev–Trinajstić information content (AvgIpc) is 2.82. The van der Waals surface area contributed by atoms with Crippen LogP contribution in [0.3, 0.4) is 0 Å². The number of fused-ring (bicyclic) bond motifs is 1. The molecular formula is C26H21ClFN3O4. The Hall–Kier alpha value is -4.04. The van der Waals surface area contributed by atoms with Gasteiger partial charge in [0.15, 0.2) is 5.58 Å². The number of halogens is 2. The third kappa shape index (κ3) is 5.55. The molecule has 0 bridgehead atoms. The van der Waals surface area contributed by atoms with Gasteiger partial charge in [-0.25, -0.2) is 9.38 Å². The zero-order chi connectivity index (χ0) is 25.1. The number of hydrogen-bond donors (Lipinski definition) is 1. The number of amides is 1. The summed E-state index contributed by atoms with van der Waals surface area (Å²) < 4.78 is 24.8. The van der Waals surface area contributed by atoms with E-state index in [2.05, 4.69) is 15.3 Å². The lowest BCUT2D eigenvalue weighted by Gasteiger charge is -2.11. The second-order valence-electron chi connectivity index (χ2n) is 7.89. The molecule has 9 heteroatoms. The van der Waals surface area contributed by atoms with E-state index in [0.29, 0.717) is 33.6 Å². The van der Waals surface area contributed by atoms with Gasteiger partial charge in [-0.1, -0.05) is 29.3 Å². The molecule has 178 valence electrons. The quantitative estimate of drug-likeness (QED) is 0.355. The van der Waals surface area contributed by atoms with Crippen molar-refractivity contribution < 1.29 is 23.1 Å². The number of aryl methyl sites for hydroxylation is 2. The van der Waals surface area contributed by atoms with Crippen molar-refractivity contribution in [2.24, 2.45) is 4.99 Å². The van der Waals surface area contributed by atoms with Crippen molar-refractivity contribution in [2.45, 2.75) is 27.4 Å². The van der Waals surface area contributed by atoms with Crippen molar-refractivity contribution in [2.75, 3.05) is 5.32 Å². The van der Waals surface area contributed by atoms with Crippen LogP contribution in [-0.4, -0.2) is 16.9 Å². The number of esters is 1. The van der Waals surface area contributed by atoms with E-state index < -0.39 is 17.7 Å². The molecular weight excluding hydrogens is 473 g/mol. The SMILES string of the molecule is CC(=O)OCc1cnc(C)c2oc(=Nc3ccc(F)c(Cl)c3)c(C(=O)Nc3ccc(C)cc3)cc12. The van der Waals surface area contributed by atoms with Gasteiger partial charge in [0.25, 0.3) is 5.91 Å². The fraction of sp³-hybridized carbons (Fsp3) is 0.154. The molecule has 0 aliphatic heterocycles. The highest BCUT2D eigenvalue weighted by atomic mass is 35.5. The van der Waals surface area contributed by atoms with Gasteiger partial charge in [-0.3, -0.25) is 14.6 Å². The molecule has 0 spiro atoms. The number of nitrogens with zero attached hydrogens (tertiary/aromatic N) is 2. The number of benzene rings is 2. The van der Waals surface area contributed by atoms with Crippen LogP contribution in [0.15, 0.2) is 64.1 Å². The van der Waals surface area contributed by atoms with Gasteiger partial charge in [0.1, 0.15) is 18.0 Å². The number of carbonyl (C=O) groups is 2. The van der Waals surface area contributed by atoms with Crippen LogP contribution in [-0.2, 0) is 16.1 Å². The molecule has 0 aliphatic carbocycles. The highest BCUT2D eigenvalue weighted by Gasteiger charge is 2.17. The summed E-state index contributed by atoms with van der Waals surface area (Å²) in [6.45, 7) is 4.95. The van der Waals surface area contributed by atoms with Crippen molar-refractivity contribution in [1.82, 2.24) is 4.98 Å². The zero-order valence-corrected chi connectivity index (χ0v) is 19.9. The smallest absolute Gasteiger partial charge is 0.302 e. The Labute approximate surface area is 205 Å². The maximum absolute atomic E-state index is 13.6. The minimum absolute atomic E-state index is 0.0145. The molecule has 0 saturated heterocycles. The third-order valence-electron chi connectivity index (χ3n) is 5.17. The third-order valence-corrected chi connectivity index (χ3v) is 5.46. The van der Waals surface area contributed by atoms with E-state index in [0.717, 1.165) is 5.56 Å². The molecule has 0 saturated carbocycles. The minimum Gasteiger partial charge on any atom is -0.461 e. The van der Waals surface area contributed by atoms with Crippen LogP contribution in [0, 0.1) is 19.7 Å². The summed E-state index contributed by atoms with van der Waals surface area (Å²) in [5.41, 5.74) is 3.51. The van der Waals surface area contributed by atoms with Crippen molar-refractivity contribution in [3.63, 3.8) is 0 Å². The molecule has 0 fully saturated rings. The van der Waals surface area contributed by atoms with E-state index in [9.17, 15) is 14.0 Å². The fourth-order valence-electron chi connectivity index (χ4n) is 3.34. The Morgan fingerprint density at radius 2 is 1.89 bits per heavy atom.